The number of carbonyl (C=O) groups excluding carboxylic acids is 2. The van der Waals surface area contributed by atoms with Crippen LogP contribution in [0.4, 0.5) is 4.39 Å². The summed E-state index contributed by atoms with van der Waals surface area (Å²) in [7, 11) is 0. The molecule has 2 heterocycles. The molecule has 1 aliphatic carbocycles. The summed E-state index contributed by atoms with van der Waals surface area (Å²) in [5.74, 6) is -1.57. The second kappa shape index (κ2) is 6.98. The van der Waals surface area contributed by atoms with E-state index in [0.717, 1.165) is 6.42 Å². The molecule has 0 radical (unpaired) electrons. The molecule has 0 unspecified atom stereocenters. The minimum atomic E-state index is -0.812. The number of carbonyl (C=O) groups is 2. The van der Waals surface area contributed by atoms with Crippen molar-refractivity contribution in [3.8, 4) is 5.75 Å². The van der Waals surface area contributed by atoms with Gasteiger partial charge in [0, 0.05) is 20.0 Å². The average Bonchev–Trinajstić information content (AvgIpc) is 3.01. The van der Waals surface area contributed by atoms with E-state index in [1.54, 1.807) is 0 Å². The van der Waals surface area contributed by atoms with Crippen molar-refractivity contribution in [2.75, 3.05) is 0 Å². The number of nitrogens with zero attached hydrogens (tertiary/aromatic N) is 2. The molecule has 3 N–H and O–H groups in total. The van der Waals surface area contributed by atoms with Crippen LogP contribution in [0.15, 0.2) is 29.1 Å². The van der Waals surface area contributed by atoms with E-state index >= 15 is 0 Å². The number of amides is 2. The highest BCUT2D eigenvalue weighted by molar-refractivity contribution is 5.94. The summed E-state index contributed by atoms with van der Waals surface area (Å²) in [4.78, 5) is 41.5. The van der Waals surface area contributed by atoms with Crippen LogP contribution >= 0.6 is 0 Å². The van der Waals surface area contributed by atoms with E-state index in [-0.39, 0.29) is 29.9 Å². The van der Waals surface area contributed by atoms with Gasteiger partial charge in [-0.25, -0.2) is 9.37 Å². The van der Waals surface area contributed by atoms with Gasteiger partial charge in [-0.1, -0.05) is 12.1 Å². The van der Waals surface area contributed by atoms with Gasteiger partial charge < -0.3 is 15.7 Å². The predicted octanol–water partition coefficient (Wildman–Crippen LogP) is 1.16. The first-order chi connectivity index (χ1) is 13.8. The first-order valence-electron chi connectivity index (χ1n) is 9.45. The number of hydrogen-bond donors (Lipinski definition) is 3. The van der Waals surface area contributed by atoms with E-state index in [2.05, 4.69) is 15.6 Å². The van der Waals surface area contributed by atoms with Gasteiger partial charge in [0.15, 0.2) is 5.69 Å². The fraction of sp³-hybridized carbons (Fsp3) is 0.400. The Kier molecular flexibility index (Phi) is 4.60. The Morgan fingerprint density at radius 3 is 2.76 bits per heavy atom. The summed E-state index contributed by atoms with van der Waals surface area (Å²) in [5, 5.41) is 15.8. The van der Waals surface area contributed by atoms with E-state index in [9.17, 15) is 23.9 Å². The molecule has 4 rings (SSSR count). The van der Waals surface area contributed by atoms with Crippen molar-refractivity contribution in [2.45, 2.75) is 44.8 Å². The van der Waals surface area contributed by atoms with Gasteiger partial charge in [0.25, 0.3) is 11.5 Å². The lowest BCUT2D eigenvalue weighted by atomic mass is 9.90. The summed E-state index contributed by atoms with van der Waals surface area (Å²) in [6.45, 7) is 1.88. The third-order valence-corrected chi connectivity index (χ3v) is 5.63. The quantitative estimate of drug-likeness (QED) is 0.713. The zero-order chi connectivity index (χ0) is 20.8. The third-order valence-electron chi connectivity index (χ3n) is 5.63. The number of rotatable bonds is 4. The van der Waals surface area contributed by atoms with Crippen molar-refractivity contribution in [3.63, 3.8) is 0 Å². The number of aromatic hydroxyl groups is 1. The lowest BCUT2D eigenvalue weighted by Gasteiger charge is -2.35. The van der Waals surface area contributed by atoms with Crippen LogP contribution in [0.3, 0.4) is 0 Å². The number of nitrogens with one attached hydrogen (secondary N) is 2. The number of fused-ring (bicyclic) bond motifs is 4. The average molecular weight is 400 g/mol. The molecule has 2 aliphatic rings. The van der Waals surface area contributed by atoms with E-state index in [4.69, 9.17) is 0 Å². The van der Waals surface area contributed by atoms with Gasteiger partial charge in [-0.05, 0) is 42.9 Å². The second-order valence-electron chi connectivity index (χ2n) is 7.73. The number of aromatic nitrogens is 2. The lowest BCUT2D eigenvalue weighted by Crippen LogP contribution is -2.50. The van der Waals surface area contributed by atoms with Crippen LogP contribution in [0, 0.1) is 11.7 Å². The van der Waals surface area contributed by atoms with Gasteiger partial charge in [0.1, 0.15) is 11.6 Å². The summed E-state index contributed by atoms with van der Waals surface area (Å²) in [6, 6.07) is 5.59. The Morgan fingerprint density at radius 1 is 1.34 bits per heavy atom. The second-order valence-corrected chi connectivity index (χ2v) is 7.73. The minimum Gasteiger partial charge on any atom is -0.501 e. The molecule has 0 spiro atoms. The normalized spacial score (nSPS) is 22.1. The van der Waals surface area contributed by atoms with E-state index < -0.39 is 22.8 Å². The molecule has 1 aliphatic heterocycles. The van der Waals surface area contributed by atoms with Gasteiger partial charge in [-0.15, -0.1) is 0 Å². The van der Waals surface area contributed by atoms with Crippen LogP contribution in [0.5, 0.6) is 5.75 Å². The zero-order valence-corrected chi connectivity index (χ0v) is 15.9. The summed E-state index contributed by atoms with van der Waals surface area (Å²) >= 11 is 0. The van der Waals surface area contributed by atoms with Crippen molar-refractivity contribution in [3.05, 3.63) is 57.5 Å². The molecule has 2 atom stereocenters. The molecule has 8 nitrogen and oxygen atoms in total. The summed E-state index contributed by atoms with van der Waals surface area (Å²) in [6.07, 6.45) is 2.07. The fourth-order valence-electron chi connectivity index (χ4n) is 4.38. The molecule has 2 aromatic rings. The Hall–Kier alpha value is -3.23. The SMILES string of the molecule is CC(=O)N[C@@]12CC[C@@H](Cn3c1nc(C(=O)NCc1ccc(F)cc1)c(O)c3=O)C2. The van der Waals surface area contributed by atoms with Gasteiger partial charge in [-0.3, -0.25) is 19.0 Å². The Labute approximate surface area is 165 Å². The molecule has 0 saturated heterocycles. The zero-order valence-electron chi connectivity index (χ0n) is 15.9. The summed E-state index contributed by atoms with van der Waals surface area (Å²) < 4.78 is 14.4. The maximum absolute atomic E-state index is 13.0. The molecule has 1 saturated carbocycles. The molecule has 152 valence electrons. The minimum absolute atomic E-state index is 0.0809. The number of halogens is 1. The van der Waals surface area contributed by atoms with Crippen molar-refractivity contribution in [1.82, 2.24) is 20.2 Å². The van der Waals surface area contributed by atoms with E-state index in [1.807, 2.05) is 0 Å². The van der Waals surface area contributed by atoms with Crippen molar-refractivity contribution in [2.24, 2.45) is 5.92 Å². The van der Waals surface area contributed by atoms with Crippen LogP contribution in [0.2, 0.25) is 0 Å². The predicted molar refractivity (Wildman–Crippen MR) is 101 cm³/mol. The Bertz CT molecular complexity index is 1050. The highest BCUT2D eigenvalue weighted by atomic mass is 19.1. The third kappa shape index (κ3) is 3.37. The standard InChI is InChI=1S/C20H21FN4O4/c1-11(26)24-20-7-6-13(8-20)10-25-18(29)16(27)15(23-19(20)25)17(28)22-9-12-2-4-14(21)5-3-12/h2-5,13,27H,6-10H2,1H3,(H,22,28)(H,24,26)/t13-,20-/m1/s1. The van der Waals surface area contributed by atoms with Gasteiger partial charge in [0.05, 0.1) is 5.54 Å². The van der Waals surface area contributed by atoms with Crippen LogP contribution < -0.4 is 16.2 Å². The van der Waals surface area contributed by atoms with Crippen molar-refractivity contribution >= 4 is 11.8 Å². The number of hydrogen-bond acceptors (Lipinski definition) is 5. The molecule has 1 aromatic heterocycles. The van der Waals surface area contributed by atoms with E-state index in [0.29, 0.717) is 30.8 Å². The number of benzene rings is 1. The first-order valence-corrected chi connectivity index (χ1v) is 9.45. The molecule has 2 bridgehead atoms. The maximum atomic E-state index is 13.0. The monoisotopic (exact) mass is 400 g/mol. The topological polar surface area (TPSA) is 113 Å². The first kappa shape index (κ1) is 19.1. The van der Waals surface area contributed by atoms with E-state index in [1.165, 1.54) is 35.8 Å². The molecule has 1 aromatic carbocycles. The Balaban J connectivity index is 1.67. The smallest absolute Gasteiger partial charge is 0.296 e. The summed E-state index contributed by atoms with van der Waals surface area (Å²) in [5.41, 5.74) is -1.22. The lowest BCUT2D eigenvalue weighted by molar-refractivity contribution is -0.121. The van der Waals surface area contributed by atoms with Crippen LogP contribution in [-0.4, -0.2) is 26.5 Å². The van der Waals surface area contributed by atoms with Crippen molar-refractivity contribution in [1.29, 1.82) is 0 Å². The highest BCUT2D eigenvalue weighted by Crippen LogP contribution is 2.45. The maximum Gasteiger partial charge on any atom is 0.296 e. The van der Waals surface area contributed by atoms with Crippen LogP contribution in [-0.2, 0) is 23.4 Å². The molecule has 2 amide bonds. The largest absolute Gasteiger partial charge is 0.501 e. The highest BCUT2D eigenvalue weighted by Gasteiger charge is 2.49. The molecule has 1 fully saturated rings. The van der Waals surface area contributed by atoms with Crippen LogP contribution in [0.25, 0.3) is 0 Å². The molecule has 9 heteroatoms. The van der Waals surface area contributed by atoms with Crippen molar-refractivity contribution < 1.29 is 19.1 Å². The van der Waals surface area contributed by atoms with Gasteiger partial charge >= 0.3 is 0 Å². The fourth-order valence-corrected chi connectivity index (χ4v) is 4.38. The molecular formula is C20H21FN4O4. The van der Waals surface area contributed by atoms with Gasteiger partial charge in [-0.2, -0.15) is 0 Å². The Morgan fingerprint density at radius 2 is 2.07 bits per heavy atom. The molecular weight excluding hydrogens is 379 g/mol. The van der Waals surface area contributed by atoms with Gasteiger partial charge in [0.2, 0.25) is 11.7 Å². The van der Waals surface area contributed by atoms with Crippen LogP contribution in [0.1, 0.15) is 48.1 Å². The molecule has 29 heavy (non-hydrogen) atoms.